The van der Waals surface area contributed by atoms with Crippen molar-refractivity contribution in [1.29, 1.82) is 0 Å². The van der Waals surface area contributed by atoms with Gasteiger partial charge < -0.3 is 4.90 Å². The van der Waals surface area contributed by atoms with E-state index in [0.29, 0.717) is 12.1 Å². The Balaban J connectivity index is 1.60. The Morgan fingerprint density at radius 2 is 2.12 bits per heavy atom. The van der Waals surface area contributed by atoms with Crippen molar-refractivity contribution in [2.24, 2.45) is 0 Å². The maximum Gasteiger partial charge on any atom is 0.257 e. The summed E-state index contributed by atoms with van der Waals surface area (Å²) in [4.78, 5) is 18.6. The molecule has 0 N–H and O–H groups in total. The van der Waals surface area contributed by atoms with Gasteiger partial charge in [-0.05, 0) is 37.1 Å². The van der Waals surface area contributed by atoms with Crippen LogP contribution >= 0.6 is 11.6 Å². The van der Waals surface area contributed by atoms with Gasteiger partial charge in [0, 0.05) is 31.4 Å². The van der Waals surface area contributed by atoms with Crippen LogP contribution in [0.25, 0.3) is 5.65 Å². The van der Waals surface area contributed by atoms with Gasteiger partial charge in [-0.1, -0.05) is 17.7 Å². The zero-order chi connectivity index (χ0) is 16.5. The zero-order valence-electron chi connectivity index (χ0n) is 13.0. The summed E-state index contributed by atoms with van der Waals surface area (Å²) in [6, 6.07) is 9.27. The lowest BCUT2D eigenvalue weighted by atomic mass is 9.96. The van der Waals surface area contributed by atoms with Crippen molar-refractivity contribution in [2.45, 2.75) is 18.8 Å². The predicted octanol–water partition coefficient (Wildman–Crippen LogP) is 2.80. The number of carbonyl (C=O) groups is 1. The van der Waals surface area contributed by atoms with Gasteiger partial charge in [0.2, 0.25) is 0 Å². The lowest BCUT2D eigenvalue weighted by Crippen LogP contribution is -2.39. The minimum Gasteiger partial charge on any atom is -0.338 e. The lowest BCUT2D eigenvalue weighted by molar-refractivity contribution is 0.0704. The molecule has 1 aliphatic rings. The van der Waals surface area contributed by atoms with Gasteiger partial charge in [0.1, 0.15) is 11.0 Å². The van der Waals surface area contributed by atoms with Gasteiger partial charge in [-0.15, -0.1) is 10.2 Å². The van der Waals surface area contributed by atoms with E-state index in [1.54, 1.807) is 18.3 Å². The molecule has 0 aliphatic carbocycles. The number of halogens is 1. The molecule has 3 aromatic rings. The first kappa shape index (κ1) is 15.1. The van der Waals surface area contributed by atoms with Crippen molar-refractivity contribution in [2.75, 3.05) is 13.1 Å². The molecule has 24 heavy (non-hydrogen) atoms. The molecular formula is C17H16ClN5O. The van der Waals surface area contributed by atoms with E-state index in [1.807, 2.05) is 33.7 Å². The summed E-state index contributed by atoms with van der Waals surface area (Å²) in [6.45, 7) is 1.33. The summed E-state index contributed by atoms with van der Waals surface area (Å²) in [5.41, 5.74) is 1.28. The molecule has 1 saturated heterocycles. The highest BCUT2D eigenvalue weighted by atomic mass is 35.5. The Bertz CT molecular complexity index is 893. The molecule has 0 bridgehead atoms. The summed E-state index contributed by atoms with van der Waals surface area (Å²) in [5, 5.41) is 8.80. The van der Waals surface area contributed by atoms with Crippen LogP contribution in [-0.2, 0) is 0 Å². The van der Waals surface area contributed by atoms with Crippen molar-refractivity contribution in [3.8, 4) is 0 Å². The Morgan fingerprint density at radius 3 is 3.00 bits per heavy atom. The normalized spacial score (nSPS) is 18.0. The molecule has 122 valence electrons. The van der Waals surface area contributed by atoms with Crippen LogP contribution in [0.15, 0.2) is 42.7 Å². The average molecular weight is 342 g/mol. The van der Waals surface area contributed by atoms with Crippen LogP contribution in [0.3, 0.4) is 0 Å². The molecule has 7 heteroatoms. The van der Waals surface area contributed by atoms with E-state index >= 15 is 0 Å². The molecule has 0 aromatic carbocycles. The number of likely N-dealkylation sites (tertiary alicyclic amines) is 1. The number of hydrogen-bond acceptors (Lipinski definition) is 4. The van der Waals surface area contributed by atoms with E-state index in [1.165, 1.54) is 0 Å². The highest BCUT2D eigenvalue weighted by molar-refractivity contribution is 6.32. The van der Waals surface area contributed by atoms with Crippen LogP contribution in [-0.4, -0.2) is 43.5 Å². The summed E-state index contributed by atoms with van der Waals surface area (Å²) >= 11 is 6.07. The second kappa shape index (κ2) is 6.20. The summed E-state index contributed by atoms with van der Waals surface area (Å²) < 4.78 is 2.00. The fourth-order valence-electron chi connectivity index (χ4n) is 3.23. The molecule has 1 amide bonds. The van der Waals surface area contributed by atoms with E-state index in [-0.39, 0.29) is 17.0 Å². The molecule has 4 heterocycles. The number of aromatic nitrogens is 4. The first-order valence-corrected chi connectivity index (χ1v) is 8.31. The Hall–Kier alpha value is -2.47. The lowest BCUT2D eigenvalue weighted by Gasteiger charge is -2.32. The monoisotopic (exact) mass is 341 g/mol. The van der Waals surface area contributed by atoms with E-state index in [9.17, 15) is 4.79 Å². The summed E-state index contributed by atoms with van der Waals surface area (Å²) in [5.74, 6) is 0.988. The molecule has 1 unspecified atom stereocenters. The first-order valence-electron chi connectivity index (χ1n) is 7.93. The third kappa shape index (κ3) is 2.63. The molecule has 0 saturated carbocycles. The van der Waals surface area contributed by atoms with Crippen molar-refractivity contribution in [1.82, 2.24) is 24.5 Å². The van der Waals surface area contributed by atoms with E-state index < -0.39 is 0 Å². The minimum atomic E-state index is -0.0772. The molecule has 6 nitrogen and oxygen atoms in total. The standard InChI is InChI=1S/C17H16ClN5O/c18-15-13(6-3-8-19-15)17(24)22-9-4-5-12(11-22)16-21-20-14-7-1-2-10-23(14)16/h1-3,6-8,10,12H,4-5,9,11H2. The third-order valence-electron chi connectivity index (χ3n) is 4.40. The highest BCUT2D eigenvalue weighted by Gasteiger charge is 2.29. The van der Waals surface area contributed by atoms with Gasteiger partial charge >= 0.3 is 0 Å². The third-order valence-corrected chi connectivity index (χ3v) is 4.70. The second-order valence-corrected chi connectivity index (χ2v) is 6.28. The minimum absolute atomic E-state index is 0.0772. The van der Waals surface area contributed by atoms with Gasteiger partial charge in [0.25, 0.3) is 5.91 Å². The van der Waals surface area contributed by atoms with Crippen LogP contribution in [0.5, 0.6) is 0 Å². The molecule has 0 spiro atoms. The van der Waals surface area contributed by atoms with Crippen LogP contribution in [0, 0.1) is 0 Å². The Kier molecular flexibility index (Phi) is 3.90. The van der Waals surface area contributed by atoms with Gasteiger partial charge in [-0.3, -0.25) is 9.20 Å². The number of carbonyl (C=O) groups excluding carboxylic acids is 1. The fraction of sp³-hybridized carbons (Fsp3) is 0.294. The smallest absolute Gasteiger partial charge is 0.257 e. The Morgan fingerprint density at radius 1 is 1.21 bits per heavy atom. The predicted molar refractivity (Wildman–Crippen MR) is 90.1 cm³/mol. The molecule has 4 rings (SSSR count). The molecule has 1 fully saturated rings. The number of nitrogens with zero attached hydrogens (tertiary/aromatic N) is 5. The SMILES string of the molecule is O=C(c1cccnc1Cl)N1CCCC(c2nnc3ccccn23)C1. The van der Waals surface area contributed by atoms with Crippen molar-refractivity contribution < 1.29 is 4.79 Å². The maximum absolute atomic E-state index is 12.8. The van der Waals surface area contributed by atoms with E-state index in [2.05, 4.69) is 15.2 Å². The van der Waals surface area contributed by atoms with Crippen LogP contribution in [0.4, 0.5) is 0 Å². The van der Waals surface area contributed by atoms with Crippen LogP contribution in [0.1, 0.15) is 34.9 Å². The molecule has 1 atom stereocenters. The van der Waals surface area contributed by atoms with Gasteiger partial charge in [0.05, 0.1) is 5.56 Å². The molecule has 0 radical (unpaired) electrons. The number of rotatable bonds is 2. The second-order valence-electron chi connectivity index (χ2n) is 5.92. The van der Waals surface area contributed by atoms with E-state index in [0.717, 1.165) is 30.9 Å². The topological polar surface area (TPSA) is 63.4 Å². The molecule has 3 aromatic heterocycles. The van der Waals surface area contributed by atoms with Crippen molar-refractivity contribution in [3.63, 3.8) is 0 Å². The largest absolute Gasteiger partial charge is 0.338 e. The van der Waals surface area contributed by atoms with Gasteiger partial charge in [-0.25, -0.2) is 4.98 Å². The quantitative estimate of drug-likeness (QED) is 0.672. The maximum atomic E-state index is 12.8. The van der Waals surface area contributed by atoms with Gasteiger partial charge in [0.15, 0.2) is 5.65 Å². The van der Waals surface area contributed by atoms with Crippen molar-refractivity contribution in [3.05, 3.63) is 59.3 Å². The zero-order valence-corrected chi connectivity index (χ0v) is 13.7. The number of fused-ring (bicyclic) bond motifs is 1. The average Bonchev–Trinajstić information content (AvgIpc) is 3.06. The molecular weight excluding hydrogens is 326 g/mol. The Labute approximate surface area is 144 Å². The summed E-state index contributed by atoms with van der Waals surface area (Å²) in [6.07, 6.45) is 5.46. The van der Waals surface area contributed by atoms with Crippen LogP contribution in [0.2, 0.25) is 5.15 Å². The van der Waals surface area contributed by atoms with Gasteiger partial charge in [-0.2, -0.15) is 0 Å². The number of pyridine rings is 2. The number of hydrogen-bond donors (Lipinski definition) is 0. The van der Waals surface area contributed by atoms with Crippen molar-refractivity contribution >= 4 is 23.2 Å². The number of piperidine rings is 1. The van der Waals surface area contributed by atoms with Crippen LogP contribution < -0.4 is 0 Å². The first-order chi connectivity index (χ1) is 11.7. The fourth-order valence-corrected chi connectivity index (χ4v) is 3.43. The highest BCUT2D eigenvalue weighted by Crippen LogP contribution is 2.27. The number of amides is 1. The van der Waals surface area contributed by atoms with E-state index in [4.69, 9.17) is 11.6 Å². The molecule has 1 aliphatic heterocycles. The summed E-state index contributed by atoms with van der Waals surface area (Å²) in [7, 11) is 0.